The Morgan fingerprint density at radius 3 is 2.39 bits per heavy atom. The molecule has 2 aromatic rings. The van der Waals surface area contributed by atoms with Gasteiger partial charge in [-0.1, -0.05) is 0 Å². The van der Waals surface area contributed by atoms with Crippen molar-refractivity contribution in [1.29, 1.82) is 0 Å². The van der Waals surface area contributed by atoms with Crippen molar-refractivity contribution < 1.29 is 13.5 Å². The topological polar surface area (TPSA) is 9.23 Å². The van der Waals surface area contributed by atoms with E-state index in [0.29, 0.717) is 5.75 Å². The van der Waals surface area contributed by atoms with E-state index in [2.05, 4.69) is 38.5 Å². The summed E-state index contributed by atoms with van der Waals surface area (Å²) in [5, 5.41) is 0. The minimum Gasteiger partial charge on any atom is -0.489 e. The van der Waals surface area contributed by atoms with Crippen LogP contribution in [0.1, 0.15) is 5.56 Å². The zero-order chi connectivity index (χ0) is 13.1. The lowest BCUT2D eigenvalue weighted by Crippen LogP contribution is -2.02. The van der Waals surface area contributed by atoms with Crippen LogP contribution in [0.2, 0.25) is 0 Å². The van der Waals surface area contributed by atoms with Crippen molar-refractivity contribution in [1.82, 2.24) is 0 Å². The van der Waals surface area contributed by atoms with Crippen LogP contribution in [0.3, 0.4) is 0 Å². The summed E-state index contributed by atoms with van der Waals surface area (Å²) in [6, 6.07) is 9.79. The lowest BCUT2D eigenvalue weighted by Gasteiger charge is -2.09. The van der Waals surface area contributed by atoms with Crippen LogP contribution in [0, 0.1) is 15.2 Å². The second kappa shape index (κ2) is 5.97. The Balaban J connectivity index is 2.15. The Bertz CT molecular complexity index is 558. The molecular weight excluding hydrogens is 417 g/mol. The molecule has 0 aliphatic rings. The monoisotopic (exact) mass is 424 g/mol. The van der Waals surface area contributed by atoms with E-state index in [4.69, 9.17) is 4.74 Å². The van der Waals surface area contributed by atoms with Crippen LogP contribution >= 0.6 is 38.5 Å². The molecule has 0 spiro atoms. The maximum atomic E-state index is 13.7. The van der Waals surface area contributed by atoms with Crippen molar-refractivity contribution in [3.8, 4) is 5.75 Å². The summed E-state index contributed by atoms with van der Waals surface area (Å²) >= 11 is 5.19. The van der Waals surface area contributed by atoms with Gasteiger partial charge in [0.1, 0.15) is 24.0 Å². The third-order valence-corrected chi connectivity index (χ3v) is 3.67. The average molecular weight is 425 g/mol. The van der Waals surface area contributed by atoms with Gasteiger partial charge >= 0.3 is 0 Å². The summed E-state index contributed by atoms with van der Waals surface area (Å²) in [7, 11) is 0. The fraction of sp³-hybridized carbons (Fsp3) is 0.0769. The standard InChI is InChI=1S/C13H8BrF2IO/c14-11-5-6-12(15)10(13(11)16)7-18-9-3-1-8(17)2-4-9/h1-6H,7H2. The van der Waals surface area contributed by atoms with Crippen molar-refractivity contribution in [2.45, 2.75) is 6.61 Å². The predicted molar refractivity (Wildman–Crippen MR) is 77.5 cm³/mol. The minimum atomic E-state index is -0.625. The number of halogens is 4. The van der Waals surface area contributed by atoms with Gasteiger partial charge in [-0.15, -0.1) is 0 Å². The summed E-state index contributed by atoms with van der Waals surface area (Å²) in [4.78, 5) is 0. The molecule has 0 aromatic heterocycles. The molecule has 18 heavy (non-hydrogen) atoms. The van der Waals surface area contributed by atoms with Gasteiger partial charge in [-0.2, -0.15) is 0 Å². The molecule has 2 aromatic carbocycles. The van der Waals surface area contributed by atoms with E-state index in [-0.39, 0.29) is 16.6 Å². The first-order valence-electron chi connectivity index (χ1n) is 5.08. The molecule has 5 heteroatoms. The number of hydrogen-bond acceptors (Lipinski definition) is 1. The molecule has 0 aliphatic carbocycles. The van der Waals surface area contributed by atoms with Gasteiger partial charge in [-0.3, -0.25) is 0 Å². The molecule has 0 fully saturated rings. The van der Waals surface area contributed by atoms with Gasteiger partial charge in [0.2, 0.25) is 0 Å². The van der Waals surface area contributed by atoms with Crippen LogP contribution in [-0.2, 0) is 6.61 Å². The fourth-order valence-electron chi connectivity index (χ4n) is 1.39. The first-order valence-corrected chi connectivity index (χ1v) is 6.96. The second-order valence-electron chi connectivity index (χ2n) is 3.56. The van der Waals surface area contributed by atoms with Crippen LogP contribution in [0.4, 0.5) is 8.78 Å². The lowest BCUT2D eigenvalue weighted by molar-refractivity contribution is 0.292. The summed E-state index contributed by atoms with van der Waals surface area (Å²) in [6.07, 6.45) is 0. The lowest BCUT2D eigenvalue weighted by atomic mass is 10.2. The maximum Gasteiger partial charge on any atom is 0.146 e. The molecule has 0 saturated carbocycles. The van der Waals surface area contributed by atoms with Crippen LogP contribution < -0.4 is 4.74 Å². The largest absolute Gasteiger partial charge is 0.489 e. The van der Waals surface area contributed by atoms with Crippen molar-refractivity contribution in [2.75, 3.05) is 0 Å². The highest BCUT2D eigenvalue weighted by Crippen LogP contribution is 2.23. The zero-order valence-electron chi connectivity index (χ0n) is 9.09. The fourth-order valence-corrected chi connectivity index (χ4v) is 2.12. The zero-order valence-corrected chi connectivity index (χ0v) is 12.8. The Hall–Kier alpha value is -0.690. The Kier molecular flexibility index (Phi) is 4.55. The van der Waals surface area contributed by atoms with Crippen LogP contribution in [0.15, 0.2) is 40.9 Å². The third-order valence-electron chi connectivity index (χ3n) is 2.34. The van der Waals surface area contributed by atoms with E-state index in [9.17, 15) is 8.78 Å². The Labute approximate surface area is 125 Å². The van der Waals surface area contributed by atoms with E-state index >= 15 is 0 Å². The van der Waals surface area contributed by atoms with E-state index in [1.54, 1.807) is 12.1 Å². The normalized spacial score (nSPS) is 10.4. The second-order valence-corrected chi connectivity index (χ2v) is 5.66. The molecule has 0 heterocycles. The van der Waals surface area contributed by atoms with Gasteiger partial charge in [0.15, 0.2) is 0 Å². The minimum absolute atomic E-state index is 0.0806. The first-order chi connectivity index (χ1) is 8.58. The number of hydrogen-bond donors (Lipinski definition) is 0. The highest BCUT2D eigenvalue weighted by atomic mass is 127. The molecule has 2 rings (SSSR count). The Morgan fingerprint density at radius 2 is 1.72 bits per heavy atom. The van der Waals surface area contributed by atoms with Gasteiger partial charge in [0.05, 0.1) is 10.0 Å². The highest BCUT2D eigenvalue weighted by Gasteiger charge is 2.12. The summed E-state index contributed by atoms with van der Waals surface area (Å²) < 4.78 is 33.8. The smallest absolute Gasteiger partial charge is 0.146 e. The van der Waals surface area contributed by atoms with Gasteiger partial charge in [-0.25, -0.2) is 8.78 Å². The van der Waals surface area contributed by atoms with Gasteiger partial charge in [0, 0.05) is 3.57 Å². The van der Waals surface area contributed by atoms with Crippen molar-refractivity contribution in [2.24, 2.45) is 0 Å². The van der Waals surface area contributed by atoms with Crippen LogP contribution in [0.5, 0.6) is 5.75 Å². The van der Waals surface area contributed by atoms with E-state index in [0.717, 1.165) is 3.57 Å². The van der Waals surface area contributed by atoms with Crippen molar-refractivity contribution in [3.63, 3.8) is 0 Å². The quantitative estimate of drug-likeness (QED) is 0.502. The van der Waals surface area contributed by atoms with E-state index in [1.807, 2.05) is 12.1 Å². The molecule has 0 unspecified atom stereocenters. The molecule has 94 valence electrons. The van der Waals surface area contributed by atoms with Crippen molar-refractivity contribution in [3.05, 3.63) is 61.6 Å². The van der Waals surface area contributed by atoms with Gasteiger partial charge in [-0.05, 0) is 74.9 Å². The molecule has 1 nitrogen and oxygen atoms in total. The van der Waals surface area contributed by atoms with Crippen LogP contribution in [0.25, 0.3) is 0 Å². The molecule has 0 bridgehead atoms. The SMILES string of the molecule is Fc1ccc(Br)c(F)c1COc1ccc(I)cc1. The molecule has 0 radical (unpaired) electrons. The van der Waals surface area contributed by atoms with E-state index in [1.165, 1.54) is 12.1 Å². The maximum absolute atomic E-state index is 13.7. The molecule has 0 N–H and O–H groups in total. The molecule has 0 aliphatic heterocycles. The number of rotatable bonds is 3. The summed E-state index contributed by atoms with van der Waals surface area (Å²) in [5.41, 5.74) is -0.0806. The number of ether oxygens (including phenoxy) is 1. The van der Waals surface area contributed by atoms with Gasteiger partial charge < -0.3 is 4.74 Å². The average Bonchev–Trinajstić information content (AvgIpc) is 2.36. The molecular formula is C13H8BrF2IO. The highest BCUT2D eigenvalue weighted by molar-refractivity contribution is 14.1. The number of benzene rings is 2. The van der Waals surface area contributed by atoms with E-state index < -0.39 is 11.6 Å². The van der Waals surface area contributed by atoms with Gasteiger partial charge in [0.25, 0.3) is 0 Å². The summed E-state index contributed by atoms with van der Waals surface area (Å²) in [5.74, 6) is -0.657. The Morgan fingerprint density at radius 1 is 1.06 bits per heavy atom. The summed E-state index contributed by atoms with van der Waals surface area (Å²) in [6.45, 7) is -0.141. The van der Waals surface area contributed by atoms with Crippen molar-refractivity contribution >= 4 is 38.5 Å². The molecule has 0 atom stereocenters. The first kappa shape index (κ1) is 13.7. The molecule has 0 amide bonds. The predicted octanol–water partition coefficient (Wildman–Crippen LogP) is 4.91. The third kappa shape index (κ3) is 3.20. The molecule has 0 saturated heterocycles. The van der Waals surface area contributed by atoms with Crippen LogP contribution in [-0.4, -0.2) is 0 Å².